The first-order valence-corrected chi connectivity index (χ1v) is 24.9. The second-order valence-corrected chi connectivity index (χ2v) is 23.0. The van der Waals surface area contributed by atoms with Gasteiger partial charge in [-0.25, -0.2) is 0 Å². The zero-order valence-corrected chi connectivity index (χ0v) is 41.4. The Morgan fingerprint density at radius 1 is 0.353 bits per heavy atom. The summed E-state index contributed by atoms with van der Waals surface area (Å²) < 4.78 is 5.15. The van der Waals surface area contributed by atoms with Crippen LogP contribution in [-0.4, -0.2) is 4.40 Å². The van der Waals surface area contributed by atoms with Crippen LogP contribution in [0.1, 0.15) is 79.0 Å². The van der Waals surface area contributed by atoms with Crippen LogP contribution in [0.15, 0.2) is 182 Å². The van der Waals surface area contributed by atoms with Gasteiger partial charge < -0.3 is 14.2 Å². The maximum Gasteiger partial charge on any atom is 0.0641 e. The minimum atomic E-state index is -0.00645. The first kappa shape index (κ1) is 42.2. The fourth-order valence-corrected chi connectivity index (χ4v) is 11.8. The molecule has 0 atom stereocenters. The average molecular weight is 900 g/mol. The molecule has 0 aliphatic rings. The monoisotopic (exact) mass is 899 g/mol. The molecule has 0 bridgehead atoms. The van der Waals surface area contributed by atoms with Gasteiger partial charge in [-0.15, -0.1) is 11.3 Å². The van der Waals surface area contributed by atoms with E-state index in [0.717, 1.165) is 28.4 Å². The topological polar surface area (TPSA) is 10.9 Å². The smallest absolute Gasteiger partial charge is 0.0641 e. The third-order valence-electron chi connectivity index (χ3n) is 14.3. The molecule has 0 aliphatic carbocycles. The molecule has 3 nitrogen and oxygen atoms in total. The number of hydrogen-bond donors (Lipinski definition) is 0. The summed E-state index contributed by atoms with van der Waals surface area (Å²) >= 11 is 1.89. The van der Waals surface area contributed by atoms with Crippen molar-refractivity contribution >= 4 is 115 Å². The molecule has 3 aromatic heterocycles. The van der Waals surface area contributed by atoms with E-state index < -0.39 is 0 Å². The van der Waals surface area contributed by atoms with Crippen molar-refractivity contribution in [1.82, 2.24) is 4.40 Å². The SMILES string of the molecule is CC(C)(C)c1ccc(N(c2ccccc2)c2ccc3c(c2)sc2cc4cc5c6ccc(N(c7ccccc7)c7ccc(C(C)(C)C)cc7)c7c8cc(C(C)(C)C)ccc8n(c5cc4cc23)c67)cc1. The fraction of sp³-hybridized carbons (Fsp3) is 0.188. The zero-order valence-electron chi connectivity index (χ0n) is 40.6. The van der Waals surface area contributed by atoms with Gasteiger partial charge in [0, 0.05) is 70.2 Å². The van der Waals surface area contributed by atoms with Crippen molar-refractivity contribution < 1.29 is 0 Å². The Labute approximate surface area is 403 Å². The van der Waals surface area contributed by atoms with Gasteiger partial charge in [0.1, 0.15) is 0 Å². The van der Waals surface area contributed by atoms with Crippen LogP contribution in [0, 0.1) is 0 Å². The molecule has 0 saturated carbocycles. The van der Waals surface area contributed by atoms with Crippen LogP contribution < -0.4 is 9.80 Å². The number of thiophene rings is 1. The minimum Gasteiger partial charge on any atom is -0.310 e. The number of rotatable bonds is 6. The lowest BCUT2D eigenvalue weighted by molar-refractivity contribution is 0.590. The summed E-state index contributed by atoms with van der Waals surface area (Å²) in [6.45, 7) is 20.6. The maximum absolute atomic E-state index is 2.56. The first-order chi connectivity index (χ1) is 32.6. The second kappa shape index (κ2) is 15.2. The van der Waals surface area contributed by atoms with Crippen molar-refractivity contribution in [2.75, 3.05) is 9.80 Å². The molecule has 0 unspecified atom stereocenters. The minimum absolute atomic E-state index is 0.00645. The predicted molar refractivity (Wildman–Crippen MR) is 297 cm³/mol. The van der Waals surface area contributed by atoms with Crippen LogP contribution >= 0.6 is 11.3 Å². The van der Waals surface area contributed by atoms with Crippen molar-refractivity contribution in [3.05, 3.63) is 199 Å². The standard InChI is InChI=1S/C64H57N3S/c1-62(2,3)42-20-25-47(26-21-42)65(45-16-12-10-13-17-45)49-29-30-50-53-35-40-36-57-52(34-41(40)37-58(53)68-59(50)39-49)51-31-33-56(60-54-38-44(64(7,8)9)24-32-55(54)67(57)61(51)60)66(46-18-14-11-15-19-46)48-27-22-43(23-28-48)63(4,5)6/h10-39H,1-9H3. The van der Waals surface area contributed by atoms with Crippen LogP contribution in [0.3, 0.4) is 0 Å². The molecule has 0 amide bonds. The molecule has 68 heavy (non-hydrogen) atoms. The van der Waals surface area contributed by atoms with Crippen molar-refractivity contribution in [2.45, 2.75) is 78.6 Å². The van der Waals surface area contributed by atoms with Crippen LogP contribution in [0.2, 0.25) is 0 Å². The van der Waals surface area contributed by atoms with Crippen LogP contribution in [0.5, 0.6) is 0 Å². The van der Waals surface area contributed by atoms with E-state index >= 15 is 0 Å². The fourth-order valence-electron chi connectivity index (χ4n) is 10.6. The third-order valence-corrected chi connectivity index (χ3v) is 15.4. The van der Waals surface area contributed by atoms with E-state index in [-0.39, 0.29) is 16.2 Å². The summed E-state index contributed by atoms with van der Waals surface area (Å²) in [7, 11) is 0. The highest BCUT2D eigenvalue weighted by molar-refractivity contribution is 7.26. The molecule has 4 heteroatoms. The highest BCUT2D eigenvalue weighted by Gasteiger charge is 2.27. The Hall–Kier alpha value is -7.14. The van der Waals surface area contributed by atoms with E-state index in [9.17, 15) is 0 Å². The molecular formula is C64H57N3S. The van der Waals surface area contributed by atoms with Crippen molar-refractivity contribution in [3.63, 3.8) is 0 Å². The van der Waals surface area contributed by atoms with Crippen molar-refractivity contribution in [1.29, 1.82) is 0 Å². The van der Waals surface area contributed by atoms with Crippen LogP contribution in [0.25, 0.3) is 69.0 Å². The van der Waals surface area contributed by atoms with E-state index in [1.54, 1.807) is 0 Å². The van der Waals surface area contributed by atoms with E-state index in [2.05, 4.69) is 259 Å². The Bertz CT molecular complexity index is 3880. The Morgan fingerprint density at radius 2 is 0.853 bits per heavy atom. The lowest BCUT2D eigenvalue weighted by Gasteiger charge is -2.28. The van der Waals surface area contributed by atoms with E-state index in [1.165, 1.54) is 91.4 Å². The molecule has 0 spiro atoms. The van der Waals surface area contributed by atoms with Gasteiger partial charge in [-0.2, -0.15) is 0 Å². The molecule has 3 heterocycles. The van der Waals surface area contributed by atoms with Gasteiger partial charge in [0.25, 0.3) is 0 Å². The average Bonchev–Trinajstić information content (AvgIpc) is 3.96. The van der Waals surface area contributed by atoms with E-state index in [1.807, 2.05) is 11.3 Å². The van der Waals surface area contributed by atoms with Crippen molar-refractivity contribution in [2.24, 2.45) is 0 Å². The number of hydrogen-bond acceptors (Lipinski definition) is 3. The summed E-state index contributed by atoms with van der Waals surface area (Å²) in [5, 5.41) is 10.2. The highest BCUT2D eigenvalue weighted by Crippen LogP contribution is 2.50. The normalized spacial score (nSPS) is 12.8. The Morgan fingerprint density at radius 3 is 1.47 bits per heavy atom. The first-order valence-electron chi connectivity index (χ1n) is 24.1. The predicted octanol–water partition coefficient (Wildman–Crippen LogP) is 19.2. The lowest BCUT2D eigenvalue weighted by atomic mass is 9.86. The molecule has 0 aliphatic heterocycles. The van der Waals surface area contributed by atoms with Gasteiger partial charge in [-0.1, -0.05) is 141 Å². The molecular weight excluding hydrogens is 843 g/mol. The lowest BCUT2D eigenvalue weighted by Crippen LogP contribution is -2.13. The van der Waals surface area contributed by atoms with Gasteiger partial charge in [0.15, 0.2) is 0 Å². The van der Waals surface area contributed by atoms with E-state index in [0.29, 0.717) is 0 Å². The molecule has 334 valence electrons. The van der Waals surface area contributed by atoms with Crippen LogP contribution in [0.4, 0.5) is 34.1 Å². The van der Waals surface area contributed by atoms with Crippen LogP contribution in [-0.2, 0) is 16.2 Å². The zero-order chi connectivity index (χ0) is 46.9. The van der Waals surface area contributed by atoms with E-state index in [4.69, 9.17) is 0 Å². The van der Waals surface area contributed by atoms with Crippen molar-refractivity contribution in [3.8, 4) is 0 Å². The van der Waals surface area contributed by atoms with Gasteiger partial charge in [0.05, 0.1) is 22.2 Å². The largest absolute Gasteiger partial charge is 0.310 e. The number of benzene rings is 9. The summed E-state index contributed by atoms with van der Waals surface area (Å²) in [5.41, 5.74) is 14.8. The second-order valence-electron chi connectivity index (χ2n) is 22.0. The summed E-state index contributed by atoms with van der Waals surface area (Å²) in [4.78, 5) is 4.85. The Balaban J connectivity index is 1.05. The number of fused-ring (bicyclic) bond motifs is 10. The summed E-state index contributed by atoms with van der Waals surface area (Å²) in [6, 6.07) is 68.7. The number of anilines is 6. The van der Waals surface area contributed by atoms with Gasteiger partial charge in [-0.3, -0.25) is 0 Å². The highest BCUT2D eigenvalue weighted by atomic mass is 32.1. The third kappa shape index (κ3) is 6.83. The number of aromatic nitrogens is 1. The Kier molecular flexibility index (Phi) is 9.43. The molecule has 12 rings (SSSR count). The summed E-state index contributed by atoms with van der Waals surface area (Å²) in [6.07, 6.45) is 0. The molecule has 0 fully saturated rings. The quantitative estimate of drug-likeness (QED) is 0.165. The molecule has 0 N–H and O–H groups in total. The van der Waals surface area contributed by atoms with Gasteiger partial charge >= 0.3 is 0 Å². The molecule has 0 radical (unpaired) electrons. The maximum atomic E-state index is 2.56. The molecule has 0 saturated heterocycles. The number of para-hydroxylation sites is 2. The molecule has 9 aromatic carbocycles. The number of nitrogens with zero attached hydrogens (tertiary/aromatic N) is 3. The summed E-state index contributed by atoms with van der Waals surface area (Å²) in [5.74, 6) is 0. The van der Waals surface area contributed by atoms with Gasteiger partial charge in [0.2, 0.25) is 0 Å². The van der Waals surface area contributed by atoms with Gasteiger partial charge in [-0.05, 0) is 147 Å². The molecule has 12 aromatic rings.